The van der Waals surface area contributed by atoms with Crippen LogP contribution in [0.3, 0.4) is 0 Å². The lowest BCUT2D eigenvalue weighted by Gasteiger charge is -2.22. The van der Waals surface area contributed by atoms with Crippen LogP contribution in [0.4, 0.5) is 5.69 Å². The minimum Gasteiger partial charge on any atom is -0.317 e. The summed E-state index contributed by atoms with van der Waals surface area (Å²) in [5.74, 6) is 0. The van der Waals surface area contributed by atoms with E-state index in [0.717, 1.165) is 25.1 Å². The molecule has 2 nitrogen and oxygen atoms in total. The molecule has 17 heavy (non-hydrogen) atoms. The lowest BCUT2D eigenvalue weighted by molar-refractivity contribution is 0.797. The van der Waals surface area contributed by atoms with Gasteiger partial charge in [-0.3, -0.25) is 4.99 Å². The average molecular weight is 294 g/mol. The highest BCUT2D eigenvalue weighted by molar-refractivity contribution is 6.67. The van der Waals surface area contributed by atoms with Gasteiger partial charge in [0.1, 0.15) is 0 Å². The molecule has 0 saturated heterocycles. The van der Waals surface area contributed by atoms with Gasteiger partial charge in [0.15, 0.2) is 5.29 Å². The first-order valence-corrected chi connectivity index (χ1v) is 6.58. The Morgan fingerprint density at radius 1 is 1.29 bits per heavy atom. The molecule has 0 unspecified atom stereocenters. The van der Waals surface area contributed by atoms with Crippen LogP contribution in [0.2, 0.25) is 10.0 Å². The minimum absolute atomic E-state index is 0.455. The fourth-order valence-electron chi connectivity index (χ4n) is 1.42. The normalized spacial score (nSPS) is 11.7. The van der Waals surface area contributed by atoms with Crippen LogP contribution in [0, 0.1) is 0 Å². The summed E-state index contributed by atoms with van der Waals surface area (Å²) in [6, 6.07) is 5.45. The average Bonchev–Trinajstić information content (AvgIpc) is 2.33. The molecule has 0 atom stereocenters. The van der Waals surface area contributed by atoms with E-state index in [4.69, 9.17) is 34.8 Å². The molecule has 0 bridgehead atoms. The molecule has 0 aliphatic carbocycles. The predicted octanol–water partition coefficient (Wildman–Crippen LogP) is 4.82. The number of aliphatic imine (C=N–C) groups is 1. The molecule has 1 aromatic rings. The number of unbranched alkanes of at least 4 members (excludes halogenated alkanes) is 1. The molecule has 0 radical (unpaired) electrons. The number of halogens is 3. The van der Waals surface area contributed by atoms with Crippen molar-refractivity contribution in [1.82, 2.24) is 0 Å². The summed E-state index contributed by atoms with van der Waals surface area (Å²) < 4.78 is 0. The van der Waals surface area contributed by atoms with Gasteiger partial charge < -0.3 is 4.90 Å². The second-order valence-electron chi connectivity index (χ2n) is 3.60. The third-order valence-corrected chi connectivity index (χ3v) is 3.47. The van der Waals surface area contributed by atoms with E-state index in [1.165, 1.54) is 0 Å². The molecule has 1 aromatic carbocycles. The molecule has 0 N–H and O–H groups in total. The van der Waals surface area contributed by atoms with Crippen LogP contribution in [0.25, 0.3) is 0 Å². The van der Waals surface area contributed by atoms with Crippen LogP contribution >= 0.6 is 34.8 Å². The first-order chi connectivity index (χ1) is 8.10. The van der Waals surface area contributed by atoms with Crippen LogP contribution in [-0.2, 0) is 0 Å². The van der Waals surface area contributed by atoms with Crippen molar-refractivity contribution < 1.29 is 0 Å². The van der Waals surface area contributed by atoms with Crippen molar-refractivity contribution in [2.75, 3.05) is 18.5 Å². The van der Waals surface area contributed by atoms with E-state index in [9.17, 15) is 0 Å². The molecule has 94 valence electrons. The zero-order chi connectivity index (χ0) is 12.8. The lowest BCUT2D eigenvalue weighted by atomic mass is 10.2. The highest BCUT2D eigenvalue weighted by Gasteiger charge is 2.12. The molecule has 1 rings (SSSR count). The topological polar surface area (TPSA) is 15.6 Å². The van der Waals surface area contributed by atoms with Gasteiger partial charge in [0.05, 0.1) is 10.0 Å². The Bertz CT molecular complexity index is 405. The number of hydrogen-bond acceptors (Lipinski definition) is 1. The maximum absolute atomic E-state index is 6.09. The molecule has 0 fully saturated rings. The molecule has 0 saturated carbocycles. The van der Waals surface area contributed by atoms with Crippen molar-refractivity contribution in [2.45, 2.75) is 19.8 Å². The van der Waals surface area contributed by atoms with Crippen LogP contribution in [0.1, 0.15) is 19.8 Å². The molecule has 0 heterocycles. The standard InChI is InChI=1S/C12H15Cl3N2/c1-3-4-7-17(12(15)16-2)9-5-6-10(13)11(14)8-9/h5-6,8H,3-4,7H2,1-2H3. The quantitative estimate of drug-likeness (QED) is 0.441. The molecular formula is C12H15Cl3N2. The zero-order valence-corrected chi connectivity index (χ0v) is 12.1. The van der Waals surface area contributed by atoms with E-state index >= 15 is 0 Å². The Kier molecular flexibility index (Phi) is 6.10. The second kappa shape index (κ2) is 7.10. The van der Waals surface area contributed by atoms with Crippen LogP contribution in [0.15, 0.2) is 23.2 Å². The van der Waals surface area contributed by atoms with Gasteiger partial charge in [0, 0.05) is 19.3 Å². The summed E-state index contributed by atoms with van der Waals surface area (Å²) in [7, 11) is 1.67. The van der Waals surface area contributed by atoms with Gasteiger partial charge in [0.25, 0.3) is 0 Å². The summed E-state index contributed by atoms with van der Waals surface area (Å²) >= 11 is 18.0. The molecule has 0 aliphatic rings. The largest absolute Gasteiger partial charge is 0.317 e. The van der Waals surface area contributed by atoms with Gasteiger partial charge in [-0.1, -0.05) is 36.5 Å². The maximum Gasteiger partial charge on any atom is 0.198 e. The van der Waals surface area contributed by atoms with E-state index < -0.39 is 0 Å². The minimum atomic E-state index is 0.455. The molecular weight excluding hydrogens is 279 g/mol. The molecule has 0 spiro atoms. The summed E-state index contributed by atoms with van der Waals surface area (Å²) in [6.07, 6.45) is 2.12. The summed E-state index contributed by atoms with van der Waals surface area (Å²) in [5, 5.41) is 1.51. The SMILES string of the molecule is CCCCN(C(Cl)=NC)c1ccc(Cl)c(Cl)c1. The Morgan fingerprint density at radius 2 is 2.00 bits per heavy atom. The predicted molar refractivity (Wildman–Crippen MR) is 77.9 cm³/mol. The number of hydrogen-bond donors (Lipinski definition) is 0. The van der Waals surface area contributed by atoms with Crippen molar-refractivity contribution in [3.05, 3.63) is 28.2 Å². The summed E-state index contributed by atoms with van der Waals surface area (Å²) in [6.45, 7) is 2.94. The fourth-order valence-corrected chi connectivity index (χ4v) is 1.89. The third kappa shape index (κ3) is 4.06. The van der Waals surface area contributed by atoms with Crippen LogP contribution in [0.5, 0.6) is 0 Å². The van der Waals surface area contributed by atoms with E-state index in [1.807, 2.05) is 11.0 Å². The molecule has 0 amide bonds. The highest BCUT2D eigenvalue weighted by atomic mass is 35.5. The van der Waals surface area contributed by atoms with Crippen molar-refractivity contribution in [3.8, 4) is 0 Å². The smallest absolute Gasteiger partial charge is 0.198 e. The first kappa shape index (κ1) is 14.6. The third-order valence-electron chi connectivity index (χ3n) is 2.36. The molecule has 0 aliphatic heterocycles. The zero-order valence-electron chi connectivity index (χ0n) is 9.88. The first-order valence-electron chi connectivity index (χ1n) is 5.45. The molecule has 5 heteroatoms. The van der Waals surface area contributed by atoms with Gasteiger partial charge in [-0.25, -0.2) is 0 Å². The van der Waals surface area contributed by atoms with E-state index in [2.05, 4.69) is 11.9 Å². The number of amidine groups is 1. The summed E-state index contributed by atoms with van der Waals surface area (Å²) in [4.78, 5) is 5.93. The van der Waals surface area contributed by atoms with Crippen molar-refractivity contribution in [2.24, 2.45) is 4.99 Å². The number of rotatable bonds is 4. The summed E-state index contributed by atoms with van der Waals surface area (Å²) in [5.41, 5.74) is 0.906. The maximum atomic E-state index is 6.09. The van der Waals surface area contributed by atoms with E-state index in [-0.39, 0.29) is 0 Å². The number of nitrogens with zero attached hydrogens (tertiary/aromatic N) is 2. The van der Waals surface area contributed by atoms with Gasteiger partial charge in [-0.15, -0.1) is 0 Å². The van der Waals surface area contributed by atoms with Crippen molar-refractivity contribution in [3.63, 3.8) is 0 Å². The van der Waals surface area contributed by atoms with Crippen molar-refractivity contribution in [1.29, 1.82) is 0 Å². The highest BCUT2D eigenvalue weighted by Crippen LogP contribution is 2.28. The van der Waals surface area contributed by atoms with Gasteiger partial charge >= 0.3 is 0 Å². The molecule has 0 aromatic heterocycles. The number of benzene rings is 1. The van der Waals surface area contributed by atoms with Crippen molar-refractivity contribution >= 4 is 45.8 Å². The lowest BCUT2D eigenvalue weighted by Crippen LogP contribution is -2.28. The number of anilines is 1. The Morgan fingerprint density at radius 3 is 2.53 bits per heavy atom. The van der Waals surface area contributed by atoms with E-state index in [1.54, 1.807) is 19.2 Å². The van der Waals surface area contributed by atoms with Crippen LogP contribution < -0.4 is 4.90 Å². The monoisotopic (exact) mass is 292 g/mol. The van der Waals surface area contributed by atoms with E-state index in [0.29, 0.717) is 15.3 Å². The fraction of sp³-hybridized carbons (Fsp3) is 0.417. The van der Waals surface area contributed by atoms with Gasteiger partial charge in [0.2, 0.25) is 0 Å². The Labute approximate surface area is 117 Å². The Balaban J connectivity index is 2.99. The van der Waals surface area contributed by atoms with Gasteiger partial charge in [-0.05, 0) is 36.2 Å². The second-order valence-corrected chi connectivity index (χ2v) is 4.75. The Hall–Kier alpha value is -0.440. The van der Waals surface area contributed by atoms with Crippen LogP contribution in [-0.4, -0.2) is 18.9 Å². The van der Waals surface area contributed by atoms with Gasteiger partial charge in [-0.2, -0.15) is 0 Å².